The maximum absolute atomic E-state index is 11.6. The number of nitrogens with zero attached hydrogens (tertiary/aromatic N) is 2. The molecule has 0 aliphatic carbocycles. The van der Waals surface area contributed by atoms with Gasteiger partial charge < -0.3 is 11.1 Å². The first-order valence-corrected chi connectivity index (χ1v) is 7.98. The van der Waals surface area contributed by atoms with Gasteiger partial charge >= 0.3 is 0 Å². The molecule has 5 nitrogen and oxygen atoms in total. The Labute approximate surface area is 134 Å². The quantitative estimate of drug-likeness (QED) is 0.801. The van der Waals surface area contributed by atoms with Crippen molar-refractivity contribution in [1.29, 1.82) is 0 Å². The Morgan fingerprint density at radius 3 is 2.41 bits per heavy atom. The van der Waals surface area contributed by atoms with Crippen LogP contribution in [0.2, 0.25) is 0 Å². The molecule has 1 amide bonds. The highest BCUT2D eigenvalue weighted by Gasteiger charge is 2.04. The lowest BCUT2D eigenvalue weighted by molar-refractivity contribution is -0.116. The maximum Gasteiger partial charge on any atom is 0.224 e. The predicted octanol–water partition coefficient (Wildman–Crippen LogP) is 2.92. The van der Waals surface area contributed by atoms with Crippen LogP contribution in [0.1, 0.15) is 24.2 Å². The molecule has 0 bridgehead atoms. The molecule has 0 fully saturated rings. The van der Waals surface area contributed by atoms with Crippen molar-refractivity contribution in [2.45, 2.75) is 36.7 Å². The highest BCUT2D eigenvalue weighted by Crippen LogP contribution is 2.26. The van der Waals surface area contributed by atoms with E-state index in [4.69, 9.17) is 5.73 Å². The third-order valence-corrected chi connectivity index (χ3v) is 3.79. The minimum absolute atomic E-state index is 0.0107. The van der Waals surface area contributed by atoms with Crippen molar-refractivity contribution in [1.82, 2.24) is 9.97 Å². The first kappa shape index (κ1) is 16.5. The molecule has 0 unspecified atom stereocenters. The van der Waals surface area contributed by atoms with Crippen LogP contribution < -0.4 is 11.1 Å². The summed E-state index contributed by atoms with van der Waals surface area (Å²) in [6.07, 6.45) is 1.15. The molecule has 1 aromatic heterocycles. The minimum Gasteiger partial charge on any atom is -0.330 e. The zero-order valence-electron chi connectivity index (χ0n) is 12.8. The molecule has 2 aromatic rings. The summed E-state index contributed by atoms with van der Waals surface area (Å²) in [5, 5.41) is 3.58. The number of aryl methyl sites for hydroxylation is 2. The SMILES string of the molecule is Cc1cc(C)nc(Sc2ccc(NC(=O)CCCN)cc2)n1. The average molecular weight is 316 g/mol. The topological polar surface area (TPSA) is 80.9 Å². The van der Waals surface area contributed by atoms with Crippen molar-refractivity contribution in [3.05, 3.63) is 41.7 Å². The van der Waals surface area contributed by atoms with E-state index < -0.39 is 0 Å². The van der Waals surface area contributed by atoms with Crippen LogP contribution in [-0.2, 0) is 4.79 Å². The molecule has 116 valence electrons. The molecule has 0 saturated carbocycles. The van der Waals surface area contributed by atoms with Crippen molar-refractivity contribution in [3.63, 3.8) is 0 Å². The molecule has 6 heteroatoms. The zero-order valence-corrected chi connectivity index (χ0v) is 13.6. The molecule has 0 spiro atoms. The monoisotopic (exact) mass is 316 g/mol. The number of amides is 1. The number of aromatic nitrogens is 2. The second kappa shape index (κ2) is 7.91. The molecular weight excluding hydrogens is 296 g/mol. The van der Waals surface area contributed by atoms with E-state index in [1.165, 1.54) is 11.8 Å². The predicted molar refractivity (Wildman–Crippen MR) is 89.0 cm³/mol. The van der Waals surface area contributed by atoms with Crippen LogP contribution in [0.4, 0.5) is 5.69 Å². The smallest absolute Gasteiger partial charge is 0.224 e. The van der Waals surface area contributed by atoms with Crippen LogP contribution in [0.15, 0.2) is 40.4 Å². The summed E-state index contributed by atoms with van der Waals surface area (Å²) in [6, 6.07) is 9.61. The normalized spacial score (nSPS) is 10.5. The fourth-order valence-electron chi connectivity index (χ4n) is 1.94. The van der Waals surface area contributed by atoms with Crippen molar-refractivity contribution in [2.24, 2.45) is 5.73 Å². The number of rotatable bonds is 6. The van der Waals surface area contributed by atoms with Gasteiger partial charge in [-0.25, -0.2) is 9.97 Å². The standard InChI is InChI=1S/C16H20N4OS/c1-11-10-12(2)19-16(18-11)22-14-7-5-13(6-8-14)20-15(21)4-3-9-17/h5-8,10H,3-4,9,17H2,1-2H3,(H,20,21). The summed E-state index contributed by atoms with van der Waals surface area (Å²) in [6.45, 7) is 4.44. The molecule has 1 heterocycles. The molecule has 0 atom stereocenters. The van der Waals surface area contributed by atoms with Gasteiger partial charge in [0.25, 0.3) is 0 Å². The van der Waals surface area contributed by atoms with E-state index in [1.54, 1.807) is 0 Å². The fourth-order valence-corrected chi connectivity index (χ4v) is 2.80. The first-order valence-electron chi connectivity index (χ1n) is 7.17. The Bertz CT molecular complexity index is 623. The van der Waals surface area contributed by atoms with E-state index in [9.17, 15) is 4.79 Å². The number of carbonyl (C=O) groups excluding carboxylic acids is 1. The van der Waals surface area contributed by atoms with Gasteiger partial charge in [0, 0.05) is 28.4 Å². The van der Waals surface area contributed by atoms with Gasteiger partial charge in [0.2, 0.25) is 5.91 Å². The Kier molecular flexibility index (Phi) is 5.91. The molecule has 3 N–H and O–H groups in total. The van der Waals surface area contributed by atoms with Crippen LogP contribution in [0.5, 0.6) is 0 Å². The van der Waals surface area contributed by atoms with Crippen molar-refractivity contribution < 1.29 is 4.79 Å². The first-order chi connectivity index (χ1) is 10.6. The molecule has 0 aliphatic rings. The summed E-state index contributed by atoms with van der Waals surface area (Å²) < 4.78 is 0. The average Bonchev–Trinajstić information content (AvgIpc) is 2.46. The summed E-state index contributed by atoms with van der Waals surface area (Å²) in [5.74, 6) is -0.0107. The Morgan fingerprint density at radius 1 is 1.18 bits per heavy atom. The van der Waals surface area contributed by atoms with Gasteiger partial charge in [-0.1, -0.05) is 0 Å². The summed E-state index contributed by atoms with van der Waals surface area (Å²) in [7, 11) is 0. The number of hydrogen-bond donors (Lipinski definition) is 2. The van der Waals surface area contributed by atoms with Crippen LogP contribution in [0.3, 0.4) is 0 Å². The lowest BCUT2D eigenvalue weighted by atomic mass is 10.2. The van der Waals surface area contributed by atoms with E-state index in [1.807, 2.05) is 44.2 Å². The summed E-state index contributed by atoms with van der Waals surface area (Å²) in [4.78, 5) is 21.5. The number of carbonyl (C=O) groups is 1. The number of hydrogen-bond acceptors (Lipinski definition) is 5. The number of anilines is 1. The van der Waals surface area contributed by atoms with E-state index in [0.29, 0.717) is 19.4 Å². The molecule has 0 aliphatic heterocycles. The Hall–Kier alpha value is -1.92. The van der Waals surface area contributed by atoms with Gasteiger partial charge in [-0.05, 0) is 68.9 Å². The molecule has 2 rings (SSSR count). The van der Waals surface area contributed by atoms with Gasteiger partial charge in [-0.3, -0.25) is 4.79 Å². The lowest BCUT2D eigenvalue weighted by Gasteiger charge is -2.06. The van der Waals surface area contributed by atoms with Crippen molar-refractivity contribution in [3.8, 4) is 0 Å². The largest absolute Gasteiger partial charge is 0.330 e. The second-order valence-corrected chi connectivity index (χ2v) is 6.04. The number of nitrogens with one attached hydrogen (secondary N) is 1. The summed E-state index contributed by atoms with van der Waals surface area (Å²) in [5.41, 5.74) is 8.09. The lowest BCUT2D eigenvalue weighted by Crippen LogP contribution is -2.13. The minimum atomic E-state index is -0.0107. The maximum atomic E-state index is 11.6. The number of nitrogens with two attached hydrogens (primary N) is 1. The third-order valence-electron chi connectivity index (χ3n) is 2.92. The van der Waals surface area contributed by atoms with Crippen LogP contribution in [0.25, 0.3) is 0 Å². The van der Waals surface area contributed by atoms with Crippen LogP contribution in [-0.4, -0.2) is 22.4 Å². The van der Waals surface area contributed by atoms with E-state index >= 15 is 0 Å². The van der Waals surface area contributed by atoms with Gasteiger partial charge in [0.15, 0.2) is 5.16 Å². The fraction of sp³-hybridized carbons (Fsp3) is 0.312. The Morgan fingerprint density at radius 2 is 1.82 bits per heavy atom. The van der Waals surface area contributed by atoms with Gasteiger partial charge in [0.05, 0.1) is 0 Å². The molecule has 22 heavy (non-hydrogen) atoms. The van der Waals surface area contributed by atoms with Crippen LogP contribution in [0, 0.1) is 13.8 Å². The third kappa shape index (κ3) is 5.13. The van der Waals surface area contributed by atoms with E-state index in [0.717, 1.165) is 27.1 Å². The highest BCUT2D eigenvalue weighted by molar-refractivity contribution is 7.99. The van der Waals surface area contributed by atoms with Crippen LogP contribution >= 0.6 is 11.8 Å². The van der Waals surface area contributed by atoms with Gasteiger partial charge in [0.1, 0.15) is 0 Å². The molecule has 1 aromatic carbocycles. The molecule has 0 saturated heterocycles. The van der Waals surface area contributed by atoms with Crippen molar-refractivity contribution in [2.75, 3.05) is 11.9 Å². The Balaban J connectivity index is 1.98. The summed E-state index contributed by atoms with van der Waals surface area (Å²) >= 11 is 1.51. The zero-order chi connectivity index (χ0) is 15.9. The van der Waals surface area contributed by atoms with Crippen molar-refractivity contribution >= 4 is 23.4 Å². The molecular formula is C16H20N4OS. The van der Waals surface area contributed by atoms with E-state index in [-0.39, 0.29) is 5.91 Å². The highest BCUT2D eigenvalue weighted by atomic mass is 32.2. The van der Waals surface area contributed by atoms with Gasteiger partial charge in [-0.2, -0.15) is 0 Å². The second-order valence-electron chi connectivity index (χ2n) is 5.00. The van der Waals surface area contributed by atoms with E-state index in [2.05, 4.69) is 15.3 Å². The van der Waals surface area contributed by atoms with Gasteiger partial charge in [-0.15, -0.1) is 0 Å². The molecule has 0 radical (unpaired) electrons. The number of benzene rings is 1.